The van der Waals surface area contributed by atoms with E-state index in [0.717, 1.165) is 37.8 Å². The van der Waals surface area contributed by atoms with E-state index in [0.29, 0.717) is 0 Å². The Balaban J connectivity index is 2.28. The summed E-state index contributed by atoms with van der Waals surface area (Å²) in [6, 6.07) is 3.46. The summed E-state index contributed by atoms with van der Waals surface area (Å²) in [5, 5.41) is 0. The van der Waals surface area contributed by atoms with Crippen molar-refractivity contribution in [3.8, 4) is 0 Å². The second kappa shape index (κ2) is 4.51. The van der Waals surface area contributed by atoms with Gasteiger partial charge in [0.2, 0.25) is 10.0 Å². The van der Waals surface area contributed by atoms with E-state index in [1.165, 1.54) is 6.07 Å². The molecular weight excluding hydrogens is 255 g/mol. The van der Waals surface area contributed by atoms with Crippen molar-refractivity contribution in [3.05, 3.63) is 24.0 Å². The van der Waals surface area contributed by atoms with Crippen LogP contribution in [-0.2, 0) is 10.0 Å². The number of sulfonamides is 1. The molecule has 1 aliphatic rings. The zero-order valence-corrected chi connectivity index (χ0v) is 11.1. The van der Waals surface area contributed by atoms with Gasteiger partial charge in [-0.15, -0.1) is 0 Å². The zero-order valence-electron chi connectivity index (χ0n) is 10.2. The molecule has 0 bridgehead atoms. The number of nitrogen functional groups attached to an aromatic ring is 1. The van der Waals surface area contributed by atoms with Gasteiger partial charge in [0.1, 0.15) is 5.82 Å². The molecular formula is C12H17FN2O2S. The lowest BCUT2D eigenvalue weighted by Crippen LogP contribution is -2.52. The van der Waals surface area contributed by atoms with Crippen LogP contribution in [0.15, 0.2) is 23.1 Å². The predicted octanol–water partition coefficient (Wildman–Crippen LogP) is 2.02. The normalized spacial score (nSPS) is 18.3. The SMILES string of the molecule is CCC1(NS(=O)(=O)c2ccc(F)c(N)c2)CCC1. The largest absolute Gasteiger partial charge is 0.396 e. The van der Waals surface area contributed by atoms with Crippen molar-refractivity contribution in [1.29, 1.82) is 0 Å². The molecule has 1 aliphatic carbocycles. The fourth-order valence-corrected chi connectivity index (χ4v) is 3.73. The average Bonchev–Trinajstić information content (AvgIpc) is 2.27. The second-order valence-electron chi connectivity index (χ2n) is 4.78. The highest BCUT2D eigenvalue weighted by molar-refractivity contribution is 7.89. The summed E-state index contributed by atoms with van der Waals surface area (Å²) in [5.74, 6) is -0.609. The van der Waals surface area contributed by atoms with E-state index in [-0.39, 0.29) is 16.1 Å². The molecule has 0 aromatic heterocycles. The summed E-state index contributed by atoms with van der Waals surface area (Å²) in [5.41, 5.74) is 4.91. The number of halogens is 1. The Morgan fingerprint density at radius 1 is 1.44 bits per heavy atom. The van der Waals surface area contributed by atoms with E-state index in [1.54, 1.807) is 0 Å². The van der Waals surface area contributed by atoms with E-state index in [4.69, 9.17) is 5.73 Å². The molecule has 3 N–H and O–H groups in total. The van der Waals surface area contributed by atoms with Gasteiger partial charge in [0.25, 0.3) is 0 Å². The molecule has 0 unspecified atom stereocenters. The van der Waals surface area contributed by atoms with Crippen molar-refractivity contribution in [1.82, 2.24) is 4.72 Å². The van der Waals surface area contributed by atoms with Gasteiger partial charge in [-0.2, -0.15) is 0 Å². The first-order valence-corrected chi connectivity index (χ1v) is 7.46. The Morgan fingerprint density at radius 2 is 2.11 bits per heavy atom. The van der Waals surface area contributed by atoms with Crippen LogP contribution in [0.3, 0.4) is 0 Å². The van der Waals surface area contributed by atoms with Crippen LogP contribution in [0.1, 0.15) is 32.6 Å². The summed E-state index contributed by atoms with van der Waals surface area (Å²) >= 11 is 0. The van der Waals surface area contributed by atoms with E-state index in [9.17, 15) is 12.8 Å². The Morgan fingerprint density at radius 3 is 2.56 bits per heavy atom. The monoisotopic (exact) mass is 272 g/mol. The fourth-order valence-electron chi connectivity index (χ4n) is 2.16. The Bertz CT molecular complexity index is 548. The zero-order chi connectivity index (χ0) is 13.4. The molecule has 1 aromatic carbocycles. The number of nitrogens with one attached hydrogen (secondary N) is 1. The smallest absolute Gasteiger partial charge is 0.241 e. The van der Waals surface area contributed by atoms with Gasteiger partial charge >= 0.3 is 0 Å². The predicted molar refractivity (Wildman–Crippen MR) is 68.0 cm³/mol. The van der Waals surface area contributed by atoms with E-state index in [2.05, 4.69) is 4.72 Å². The third kappa shape index (κ3) is 2.35. The first-order chi connectivity index (χ1) is 8.38. The van der Waals surface area contributed by atoms with Crippen molar-refractivity contribution in [3.63, 3.8) is 0 Å². The van der Waals surface area contributed by atoms with Crippen molar-refractivity contribution in [2.24, 2.45) is 0 Å². The van der Waals surface area contributed by atoms with Crippen LogP contribution in [-0.4, -0.2) is 14.0 Å². The van der Waals surface area contributed by atoms with Gasteiger partial charge in [-0.05, 0) is 43.9 Å². The maximum atomic E-state index is 13.0. The quantitative estimate of drug-likeness (QED) is 0.824. The van der Waals surface area contributed by atoms with Crippen LogP contribution >= 0.6 is 0 Å². The first-order valence-electron chi connectivity index (χ1n) is 5.98. The maximum Gasteiger partial charge on any atom is 0.241 e. The lowest BCUT2D eigenvalue weighted by atomic mass is 9.76. The molecule has 0 radical (unpaired) electrons. The Hall–Kier alpha value is -1.14. The molecule has 100 valence electrons. The summed E-state index contributed by atoms with van der Waals surface area (Å²) in [6.45, 7) is 1.96. The van der Waals surface area contributed by atoms with Gasteiger partial charge in [-0.3, -0.25) is 0 Å². The van der Waals surface area contributed by atoms with Crippen molar-refractivity contribution in [2.75, 3.05) is 5.73 Å². The van der Waals surface area contributed by atoms with E-state index in [1.807, 2.05) is 6.92 Å². The van der Waals surface area contributed by atoms with Gasteiger partial charge in [0.05, 0.1) is 10.6 Å². The molecule has 1 saturated carbocycles. The van der Waals surface area contributed by atoms with Crippen molar-refractivity contribution >= 4 is 15.7 Å². The average molecular weight is 272 g/mol. The first kappa shape index (κ1) is 13.3. The highest BCUT2D eigenvalue weighted by Crippen LogP contribution is 2.36. The minimum absolute atomic E-state index is 0.0149. The Kier molecular flexibility index (Phi) is 3.33. The van der Waals surface area contributed by atoms with Crippen LogP contribution in [0, 0.1) is 5.82 Å². The topological polar surface area (TPSA) is 72.2 Å². The molecule has 0 heterocycles. The minimum atomic E-state index is -3.63. The molecule has 2 rings (SSSR count). The van der Waals surface area contributed by atoms with Crippen LogP contribution in [0.5, 0.6) is 0 Å². The molecule has 0 amide bonds. The molecule has 0 aliphatic heterocycles. The number of nitrogens with two attached hydrogens (primary N) is 1. The summed E-state index contributed by atoms with van der Waals surface area (Å²) in [6.07, 6.45) is 3.48. The molecule has 18 heavy (non-hydrogen) atoms. The van der Waals surface area contributed by atoms with Crippen molar-refractivity contribution in [2.45, 2.75) is 43.0 Å². The van der Waals surface area contributed by atoms with E-state index >= 15 is 0 Å². The van der Waals surface area contributed by atoms with Crippen LogP contribution in [0.2, 0.25) is 0 Å². The molecule has 0 spiro atoms. The molecule has 4 nitrogen and oxygen atoms in total. The van der Waals surface area contributed by atoms with Gasteiger partial charge in [-0.1, -0.05) is 6.92 Å². The van der Waals surface area contributed by atoms with Crippen LogP contribution in [0.25, 0.3) is 0 Å². The highest BCUT2D eigenvalue weighted by atomic mass is 32.2. The van der Waals surface area contributed by atoms with Gasteiger partial charge < -0.3 is 5.73 Å². The maximum absolute atomic E-state index is 13.0. The van der Waals surface area contributed by atoms with Crippen LogP contribution < -0.4 is 10.5 Å². The molecule has 0 saturated heterocycles. The number of rotatable bonds is 4. The lowest BCUT2D eigenvalue weighted by Gasteiger charge is -2.41. The molecule has 1 fully saturated rings. The second-order valence-corrected chi connectivity index (χ2v) is 6.46. The fraction of sp³-hybridized carbons (Fsp3) is 0.500. The van der Waals surface area contributed by atoms with E-state index < -0.39 is 15.8 Å². The summed E-state index contributed by atoms with van der Waals surface area (Å²) in [7, 11) is -3.63. The molecule has 6 heteroatoms. The van der Waals surface area contributed by atoms with Gasteiger partial charge in [-0.25, -0.2) is 17.5 Å². The van der Waals surface area contributed by atoms with Gasteiger partial charge in [0, 0.05) is 5.54 Å². The van der Waals surface area contributed by atoms with Crippen LogP contribution in [0.4, 0.5) is 10.1 Å². The van der Waals surface area contributed by atoms with Crippen molar-refractivity contribution < 1.29 is 12.8 Å². The Labute approximate surface area is 106 Å². The standard InChI is InChI=1S/C12H17FN2O2S/c1-2-12(6-3-7-12)15-18(16,17)9-4-5-10(13)11(14)8-9/h4-5,8,15H,2-3,6-7,14H2,1H3. The summed E-state index contributed by atoms with van der Waals surface area (Å²) < 4.78 is 40.1. The van der Waals surface area contributed by atoms with Gasteiger partial charge in [0.15, 0.2) is 0 Å². The third-order valence-corrected chi connectivity index (χ3v) is 5.19. The minimum Gasteiger partial charge on any atom is -0.396 e. The molecule has 0 atom stereocenters. The number of benzene rings is 1. The molecule has 1 aromatic rings. The number of hydrogen-bond donors (Lipinski definition) is 2. The number of anilines is 1. The highest BCUT2D eigenvalue weighted by Gasteiger charge is 2.39. The summed E-state index contributed by atoms with van der Waals surface area (Å²) in [4.78, 5) is 0.0149. The lowest BCUT2D eigenvalue weighted by molar-refractivity contribution is 0.214. The third-order valence-electron chi connectivity index (χ3n) is 3.62. The number of hydrogen-bond acceptors (Lipinski definition) is 3.